The molecule has 0 spiro atoms. The summed E-state index contributed by atoms with van der Waals surface area (Å²) in [5, 5.41) is 9.43. The highest BCUT2D eigenvalue weighted by Gasteiger charge is 2.05. The van der Waals surface area contributed by atoms with E-state index >= 15 is 0 Å². The van der Waals surface area contributed by atoms with Crippen LogP contribution in [-0.4, -0.2) is 16.8 Å². The molecule has 0 atom stereocenters. The number of aliphatic carboxylic acids is 1. The third kappa shape index (κ3) is 5.15. The zero-order chi connectivity index (χ0) is 14.3. The number of nitrogens with zero attached hydrogens (tertiary/aromatic N) is 1. The minimum absolute atomic E-state index is 0.217. The van der Waals surface area contributed by atoms with Gasteiger partial charge in [0.1, 0.15) is 0 Å². The predicted molar refractivity (Wildman–Crippen MR) is 77.0 cm³/mol. The second kappa shape index (κ2) is 7.67. The number of halogens is 1. The molecule has 0 aromatic carbocycles. The molecule has 0 fully saturated rings. The van der Waals surface area contributed by atoms with Crippen LogP contribution < -0.4 is 0 Å². The maximum Gasteiger partial charge on any atom is 0.333 e. The van der Waals surface area contributed by atoms with E-state index < -0.39 is 5.97 Å². The molecule has 18 heavy (non-hydrogen) atoms. The lowest BCUT2D eigenvalue weighted by Crippen LogP contribution is -2.01. The summed E-state index contributed by atoms with van der Waals surface area (Å²) >= 11 is 5.91. The van der Waals surface area contributed by atoms with E-state index in [0.29, 0.717) is 16.4 Å². The number of hydrogen-bond acceptors (Lipinski definition) is 2. The zero-order valence-electron chi connectivity index (χ0n) is 11.1. The lowest BCUT2D eigenvalue weighted by Gasteiger charge is -2.04. The first-order valence-corrected chi connectivity index (χ1v) is 5.83. The maximum atomic E-state index is 10.8. The van der Waals surface area contributed by atoms with Gasteiger partial charge in [-0.05, 0) is 39.3 Å². The van der Waals surface area contributed by atoms with Crippen LogP contribution in [0.15, 0.2) is 51.7 Å². The highest BCUT2D eigenvalue weighted by atomic mass is 35.5. The lowest BCUT2D eigenvalue weighted by molar-refractivity contribution is -0.132. The van der Waals surface area contributed by atoms with Gasteiger partial charge in [-0.15, -0.1) is 0 Å². The van der Waals surface area contributed by atoms with Gasteiger partial charge >= 0.3 is 5.97 Å². The minimum atomic E-state index is -0.973. The largest absolute Gasteiger partial charge is 0.478 e. The third-order valence-electron chi connectivity index (χ3n) is 2.41. The summed E-state index contributed by atoms with van der Waals surface area (Å²) in [7, 11) is 0. The van der Waals surface area contributed by atoms with Crippen LogP contribution in [0, 0.1) is 0 Å². The fourth-order valence-corrected chi connectivity index (χ4v) is 1.22. The molecule has 0 rings (SSSR count). The van der Waals surface area contributed by atoms with Gasteiger partial charge in [-0.3, -0.25) is 4.99 Å². The van der Waals surface area contributed by atoms with Crippen molar-refractivity contribution in [1.29, 1.82) is 0 Å². The van der Waals surface area contributed by atoms with E-state index in [-0.39, 0.29) is 5.57 Å². The molecule has 0 saturated carbocycles. The van der Waals surface area contributed by atoms with Crippen molar-refractivity contribution in [2.75, 3.05) is 0 Å². The Kier molecular flexibility index (Phi) is 6.98. The first-order chi connectivity index (χ1) is 8.33. The molecule has 0 heterocycles. The van der Waals surface area contributed by atoms with Crippen LogP contribution in [0.5, 0.6) is 0 Å². The van der Waals surface area contributed by atoms with E-state index in [4.69, 9.17) is 16.7 Å². The van der Waals surface area contributed by atoms with E-state index in [1.807, 2.05) is 6.92 Å². The summed E-state index contributed by atoms with van der Waals surface area (Å²) in [6.45, 7) is 10.5. The third-order valence-corrected chi connectivity index (χ3v) is 2.73. The average Bonchev–Trinajstić information content (AvgIpc) is 2.33. The predicted octanol–water partition coefficient (Wildman–Crippen LogP) is 4.08. The van der Waals surface area contributed by atoms with Crippen LogP contribution in [0.4, 0.5) is 0 Å². The summed E-state index contributed by atoms with van der Waals surface area (Å²) < 4.78 is 0. The number of aliphatic imine (C=N–C) groups is 1. The number of carboxylic acids is 1. The Morgan fingerprint density at radius 1 is 1.33 bits per heavy atom. The molecule has 4 heteroatoms. The molecule has 0 aliphatic carbocycles. The van der Waals surface area contributed by atoms with Crippen LogP contribution in [0.3, 0.4) is 0 Å². The maximum absolute atomic E-state index is 10.8. The second-order valence-corrected chi connectivity index (χ2v) is 4.13. The molecule has 0 unspecified atom stereocenters. The molecule has 0 amide bonds. The van der Waals surface area contributed by atoms with Crippen molar-refractivity contribution in [3.05, 3.63) is 46.7 Å². The van der Waals surface area contributed by atoms with Gasteiger partial charge < -0.3 is 5.11 Å². The van der Waals surface area contributed by atoms with Gasteiger partial charge in [0.25, 0.3) is 0 Å². The first-order valence-electron chi connectivity index (χ1n) is 5.45. The fourth-order valence-electron chi connectivity index (χ4n) is 1.10. The smallest absolute Gasteiger partial charge is 0.333 e. The van der Waals surface area contributed by atoms with Crippen molar-refractivity contribution in [2.45, 2.75) is 27.7 Å². The van der Waals surface area contributed by atoms with Gasteiger partial charge in [-0.1, -0.05) is 30.3 Å². The molecule has 0 aliphatic rings. The molecule has 0 aromatic heterocycles. The standard InChI is InChI=1S/C14H18ClNO2/c1-6-12(8-13(15)7-2)11(5)16-10(4)9(3)14(17)18/h6-8H,1H2,2-5H3,(H,17,18)/b10-9+,12-8+,13-7+,16-11-. The van der Waals surface area contributed by atoms with E-state index in [2.05, 4.69) is 11.6 Å². The molecule has 0 aliphatic heterocycles. The minimum Gasteiger partial charge on any atom is -0.478 e. The molecular formula is C14H18ClNO2. The quantitative estimate of drug-likeness (QED) is 0.463. The highest BCUT2D eigenvalue weighted by Crippen LogP contribution is 2.13. The molecule has 0 saturated heterocycles. The number of carbonyl (C=O) groups is 1. The molecule has 98 valence electrons. The summed E-state index contributed by atoms with van der Waals surface area (Å²) in [6, 6.07) is 0. The van der Waals surface area contributed by atoms with Gasteiger partial charge in [0.05, 0.1) is 5.57 Å². The van der Waals surface area contributed by atoms with E-state index in [9.17, 15) is 4.79 Å². The second-order valence-electron chi connectivity index (χ2n) is 3.69. The van der Waals surface area contributed by atoms with Crippen LogP contribution in [-0.2, 0) is 4.79 Å². The monoisotopic (exact) mass is 267 g/mol. The molecule has 3 nitrogen and oxygen atoms in total. The van der Waals surface area contributed by atoms with Crippen molar-refractivity contribution in [1.82, 2.24) is 0 Å². The lowest BCUT2D eigenvalue weighted by atomic mass is 10.1. The fraction of sp³-hybridized carbons (Fsp3) is 0.286. The molecular weight excluding hydrogens is 250 g/mol. The van der Waals surface area contributed by atoms with E-state index in [0.717, 1.165) is 5.57 Å². The van der Waals surface area contributed by atoms with Crippen LogP contribution in [0.25, 0.3) is 0 Å². The van der Waals surface area contributed by atoms with Gasteiger partial charge in [0.2, 0.25) is 0 Å². The van der Waals surface area contributed by atoms with Crippen molar-refractivity contribution in [3.8, 4) is 0 Å². The number of rotatable bonds is 5. The highest BCUT2D eigenvalue weighted by molar-refractivity contribution is 6.31. The van der Waals surface area contributed by atoms with Crippen molar-refractivity contribution in [2.24, 2.45) is 4.99 Å². The Hall–Kier alpha value is -1.61. The van der Waals surface area contributed by atoms with Crippen LogP contribution >= 0.6 is 11.6 Å². The molecule has 1 N–H and O–H groups in total. The van der Waals surface area contributed by atoms with Gasteiger partial charge in [-0.25, -0.2) is 4.79 Å². The number of hydrogen-bond donors (Lipinski definition) is 1. The van der Waals surface area contributed by atoms with Crippen molar-refractivity contribution in [3.63, 3.8) is 0 Å². The summed E-state index contributed by atoms with van der Waals surface area (Å²) in [4.78, 5) is 15.0. The Labute approximate surface area is 113 Å². The van der Waals surface area contributed by atoms with E-state index in [1.165, 1.54) is 6.92 Å². The molecule has 0 aromatic rings. The number of allylic oxidation sites excluding steroid dienone is 6. The summed E-state index contributed by atoms with van der Waals surface area (Å²) in [6.07, 6.45) is 5.12. The van der Waals surface area contributed by atoms with Gasteiger partial charge in [-0.2, -0.15) is 0 Å². The summed E-state index contributed by atoms with van der Waals surface area (Å²) in [5.74, 6) is -0.973. The molecule has 0 bridgehead atoms. The van der Waals surface area contributed by atoms with Gasteiger partial charge in [0, 0.05) is 16.4 Å². The van der Waals surface area contributed by atoms with Crippen LogP contribution in [0.1, 0.15) is 27.7 Å². The Bertz CT molecular complexity index is 468. The Morgan fingerprint density at radius 2 is 1.89 bits per heavy atom. The zero-order valence-corrected chi connectivity index (χ0v) is 11.9. The molecule has 0 radical (unpaired) electrons. The van der Waals surface area contributed by atoms with Crippen molar-refractivity contribution >= 4 is 23.3 Å². The summed E-state index contributed by atoms with van der Waals surface area (Å²) in [5.41, 5.74) is 2.11. The average molecular weight is 268 g/mol. The Balaban J connectivity index is 5.44. The topological polar surface area (TPSA) is 49.7 Å². The SMILES string of the molecule is C=CC(=C\C(Cl)=C/C)/C(C)=N\C(C)=C(/C)C(=O)O. The Morgan fingerprint density at radius 3 is 2.28 bits per heavy atom. The normalized spacial score (nSPS) is 15.3. The van der Waals surface area contributed by atoms with Gasteiger partial charge in [0.15, 0.2) is 0 Å². The van der Waals surface area contributed by atoms with Crippen molar-refractivity contribution < 1.29 is 9.90 Å². The number of carboxylic acid groups (broad SMARTS) is 1. The van der Waals surface area contributed by atoms with Crippen LogP contribution in [0.2, 0.25) is 0 Å². The first kappa shape index (κ1) is 16.4. The van der Waals surface area contributed by atoms with E-state index in [1.54, 1.807) is 32.1 Å².